The van der Waals surface area contributed by atoms with Gasteiger partial charge in [0.15, 0.2) is 0 Å². The predicted molar refractivity (Wildman–Crippen MR) is 59.3 cm³/mol. The summed E-state index contributed by atoms with van der Waals surface area (Å²) in [4.78, 5) is 15.7. The van der Waals surface area contributed by atoms with Crippen molar-refractivity contribution in [1.29, 1.82) is 0 Å². The molecule has 1 rings (SSSR count). The zero-order valence-electron chi connectivity index (χ0n) is 7.58. The van der Waals surface area contributed by atoms with Crippen molar-refractivity contribution in [3.05, 3.63) is 26.8 Å². The lowest BCUT2D eigenvalue weighted by Gasteiger charge is -2.04. The van der Waals surface area contributed by atoms with Gasteiger partial charge < -0.3 is 0 Å². The Labute approximate surface area is 89.7 Å². The SMILES string of the molecule is CSCCn1cnc(C)c(Br)c1=O. The van der Waals surface area contributed by atoms with E-state index in [9.17, 15) is 4.79 Å². The fourth-order valence-corrected chi connectivity index (χ4v) is 1.60. The molecule has 1 heterocycles. The maximum atomic E-state index is 11.6. The van der Waals surface area contributed by atoms with Crippen LogP contribution in [0.5, 0.6) is 0 Å². The third-order valence-electron chi connectivity index (χ3n) is 1.69. The van der Waals surface area contributed by atoms with Gasteiger partial charge in [-0.3, -0.25) is 9.36 Å². The first-order valence-electron chi connectivity index (χ1n) is 3.87. The number of thioether (sulfide) groups is 1. The average molecular weight is 263 g/mol. The molecule has 3 nitrogen and oxygen atoms in total. The molecule has 0 saturated carbocycles. The van der Waals surface area contributed by atoms with E-state index >= 15 is 0 Å². The van der Waals surface area contributed by atoms with Gasteiger partial charge in [0.25, 0.3) is 5.56 Å². The van der Waals surface area contributed by atoms with Crippen molar-refractivity contribution in [3.63, 3.8) is 0 Å². The van der Waals surface area contributed by atoms with E-state index in [1.54, 1.807) is 22.7 Å². The van der Waals surface area contributed by atoms with Crippen molar-refractivity contribution >= 4 is 27.7 Å². The molecule has 0 atom stereocenters. The molecule has 0 unspecified atom stereocenters. The van der Waals surface area contributed by atoms with Crippen LogP contribution in [0, 0.1) is 6.92 Å². The van der Waals surface area contributed by atoms with Gasteiger partial charge in [0, 0.05) is 12.3 Å². The lowest BCUT2D eigenvalue weighted by atomic mass is 10.4. The van der Waals surface area contributed by atoms with Gasteiger partial charge in [0.2, 0.25) is 0 Å². The van der Waals surface area contributed by atoms with Crippen molar-refractivity contribution in [1.82, 2.24) is 9.55 Å². The Hall–Kier alpha value is -0.290. The highest BCUT2D eigenvalue weighted by Crippen LogP contribution is 2.06. The molecule has 0 aliphatic heterocycles. The van der Waals surface area contributed by atoms with Gasteiger partial charge in [0.05, 0.1) is 12.0 Å². The Morgan fingerprint density at radius 2 is 2.38 bits per heavy atom. The first-order chi connectivity index (χ1) is 6.16. The minimum Gasteiger partial charge on any atom is -0.297 e. The monoisotopic (exact) mass is 262 g/mol. The maximum absolute atomic E-state index is 11.6. The number of hydrogen-bond acceptors (Lipinski definition) is 3. The molecule has 0 radical (unpaired) electrons. The summed E-state index contributed by atoms with van der Waals surface area (Å²) in [6, 6.07) is 0. The minimum atomic E-state index is 0.00144. The first kappa shape index (κ1) is 10.8. The largest absolute Gasteiger partial charge is 0.297 e. The smallest absolute Gasteiger partial charge is 0.267 e. The van der Waals surface area contributed by atoms with E-state index in [0.717, 1.165) is 11.4 Å². The molecule has 0 fully saturated rings. The molecule has 0 spiro atoms. The normalized spacial score (nSPS) is 10.4. The minimum absolute atomic E-state index is 0.00144. The lowest BCUT2D eigenvalue weighted by molar-refractivity contribution is 0.704. The number of hydrogen-bond donors (Lipinski definition) is 0. The van der Waals surface area contributed by atoms with Gasteiger partial charge in [-0.25, -0.2) is 4.98 Å². The number of rotatable bonds is 3. The van der Waals surface area contributed by atoms with E-state index in [0.29, 0.717) is 11.0 Å². The highest BCUT2D eigenvalue weighted by Gasteiger charge is 2.03. The zero-order chi connectivity index (χ0) is 9.84. The topological polar surface area (TPSA) is 34.9 Å². The van der Waals surface area contributed by atoms with Crippen LogP contribution in [0.2, 0.25) is 0 Å². The number of aryl methyl sites for hydroxylation is 2. The molecule has 1 aromatic rings. The van der Waals surface area contributed by atoms with Crippen LogP contribution < -0.4 is 5.56 Å². The molecule has 0 amide bonds. The van der Waals surface area contributed by atoms with Gasteiger partial charge in [-0.1, -0.05) is 0 Å². The van der Waals surface area contributed by atoms with Crippen LogP contribution in [-0.2, 0) is 6.54 Å². The first-order valence-corrected chi connectivity index (χ1v) is 6.06. The number of aromatic nitrogens is 2. The van der Waals surface area contributed by atoms with Gasteiger partial charge >= 0.3 is 0 Å². The quantitative estimate of drug-likeness (QED) is 0.832. The molecular weight excluding hydrogens is 252 g/mol. The maximum Gasteiger partial charge on any atom is 0.267 e. The van der Waals surface area contributed by atoms with Crippen molar-refractivity contribution in [2.24, 2.45) is 0 Å². The fourth-order valence-electron chi connectivity index (χ4n) is 0.895. The Bertz CT molecular complexity index is 350. The van der Waals surface area contributed by atoms with E-state index in [2.05, 4.69) is 20.9 Å². The number of nitrogens with zero attached hydrogens (tertiary/aromatic N) is 2. The van der Waals surface area contributed by atoms with Crippen molar-refractivity contribution < 1.29 is 0 Å². The van der Waals surface area contributed by atoms with Crippen LogP contribution in [0.4, 0.5) is 0 Å². The second-order valence-corrected chi connectivity index (χ2v) is 4.41. The summed E-state index contributed by atoms with van der Waals surface area (Å²) >= 11 is 4.93. The van der Waals surface area contributed by atoms with Crippen molar-refractivity contribution in [3.8, 4) is 0 Å². The molecule has 0 aliphatic rings. The highest BCUT2D eigenvalue weighted by atomic mass is 79.9. The Kier molecular flexibility index (Phi) is 3.99. The summed E-state index contributed by atoms with van der Waals surface area (Å²) in [5.41, 5.74) is 0.743. The third kappa shape index (κ3) is 2.57. The van der Waals surface area contributed by atoms with Crippen LogP contribution in [0.25, 0.3) is 0 Å². The summed E-state index contributed by atoms with van der Waals surface area (Å²) in [6.45, 7) is 2.52. The molecule has 0 aliphatic carbocycles. The second-order valence-electron chi connectivity index (χ2n) is 2.64. The summed E-state index contributed by atoms with van der Waals surface area (Å²) < 4.78 is 2.18. The van der Waals surface area contributed by atoms with Gasteiger partial charge in [-0.15, -0.1) is 0 Å². The standard InChI is InChI=1S/C8H11BrN2OS/c1-6-7(9)8(12)11(5-10-6)3-4-13-2/h5H,3-4H2,1-2H3. The summed E-state index contributed by atoms with van der Waals surface area (Å²) in [5, 5.41) is 0. The van der Waals surface area contributed by atoms with E-state index in [4.69, 9.17) is 0 Å². The zero-order valence-corrected chi connectivity index (χ0v) is 9.98. The molecule has 5 heteroatoms. The Morgan fingerprint density at radius 1 is 1.69 bits per heavy atom. The predicted octanol–water partition coefficient (Wildman–Crippen LogP) is 1.68. The van der Waals surface area contributed by atoms with Gasteiger partial charge in [-0.2, -0.15) is 11.8 Å². The van der Waals surface area contributed by atoms with E-state index in [1.807, 2.05) is 13.2 Å². The third-order valence-corrected chi connectivity index (χ3v) is 3.20. The van der Waals surface area contributed by atoms with Crippen LogP contribution in [0.1, 0.15) is 5.69 Å². The molecule has 1 aromatic heterocycles. The van der Waals surface area contributed by atoms with E-state index < -0.39 is 0 Å². The second kappa shape index (κ2) is 4.81. The summed E-state index contributed by atoms with van der Waals surface area (Å²) in [5.74, 6) is 0.928. The summed E-state index contributed by atoms with van der Waals surface area (Å²) in [7, 11) is 0. The van der Waals surface area contributed by atoms with Crippen molar-refractivity contribution in [2.45, 2.75) is 13.5 Å². The van der Waals surface area contributed by atoms with Gasteiger partial charge in [0.1, 0.15) is 4.47 Å². The van der Waals surface area contributed by atoms with Crippen LogP contribution in [0.3, 0.4) is 0 Å². The van der Waals surface area contributed by atoms with Crippen LogP contribution in [0.15, 0.2) is 15.6 Å². The molecule has 13 heavy (non-hydrogen) atoms. The average Bonchev–Trinajstić information content (AvgIpc) is 2.13. The van der Waals surface area contributed by atoms with E-state index in [1.165, 1.54) is 0 Å². The molecule has 0 N–H and O–H groups in total. The molecule has 0 bridgehead atoms. The van der Waals surface area contributed by atoms with Crippen LogP contribution >= 0.6 is 27.7 Å². The highest BCUT2D eigenvalue weighted by molar-refractivity contribution is 9.10. The molecular formula is C8H11BrN2OS. The number of halogens is 1. The fraction of sp³-hybridized carbons (Fsp3) is 0.500. The molecule has 0 saturated heterocycles. The Morgan fingerprint density at radius 3 is 3.00 bits per heavy atom. The Balaban J connectivity index is 2.97. The lowest BCUT2D eigenvalue weighted by Crippen LogP contribution is -2.23. The van der Waals surface area contributed by atoms with E-state index in [-0.39, 0.29) is 5.56 Å². The molecule has 72 valence electrons. The molecule has 0 aromatic carbocycles. The van der Waals surface area contributed by atoms with Gasteiger partial charge in [-0.05, 0) is 29.1 Å². The van der Waals surface area contributed by atoms with Crippen molar-refractivity contribution in [2.75, 3.05) is 12.0 Å². The summed E-state index contributed by atoms with van der Waals surface area (Å²) in [6.07, 6.45) is 3.61. The van der Waals surface area contributed by atoms with Crippen LogP contribution in [-0.4, -0.2) is 21.6 Å².